The first-order valence-corrected chi connectivity index (χ1v) is 16.5. The molecule has 2 fully saturated rings. The maximum Gasteiger partial charge on any atom is 0.407 e. The monoisotopic (exact) mass is 502 g/mol. The number of hydrogen-bond acceptors (Lipinski definition) is 4. The summed E-state index contributed by atoms with van der Waals surface area (Å²) in [5.74, 6) is 0. The molecule has 1 atom stereocenters. The highest BCUT2D eigenvalue weighted by Gasteiger charge is 2.59. The van der Waals surface area contributed by atoms with Gasteiger partial charge in [-0.3, -0.25) is 9.13 Å². The Morgan fingerprint density at radius 2 is 1.86 bits per heavy atom. The summed E-state index contributed by atoms with van der Waals surface area (Å²) in [7, 11) is 0.651. The van der Waals surface area contributed by atoms with Crippen LogP contribution in [0.25, 0.3) is 11.0 Å². The van der Waals surface area contributed by atoms with Gasteiger partial charge in [-0.1, -0.05) is 46.5 Å². The first-order valence-electron chi connectivity index (χ1n) is 12.8. The van der Waals surface area contributed by atoms with Crippen molar-refractivity contribution in [3.05, 3.63) is 28.7 Å². The van der Waals surface area contributed by atoms with E-state index in [-0.39, 0.29) is 29.3 Å². The minimum Gasteiger partial charge on any atom is -0.465 e. The van der Waals surface area contributed by atoms with E-state index in [1.165, 1.54) is 0 Å². The molecule has 2 saturated heterocycles. The highest BCUT2D eigenvalue weighted by molar-refractivity contribution is 6.76. The molecule has 1 unspecified atom stereocenters. The number of carbonyl (C=O) groups is 1. The molecule has 0 aliphatic carbocycles. The SMILES string of the molecule is Cn1c(=O)n(COCC[Si](C)(C)C)c2cccc(N3CCC4(CC3)CN(C(=O)O)C4C(C)(C)C)c21. The highest BCUT2D eigenvalue weighted by Crippen LogP contribution is 2.53. The van der Waals surface area contributed by atoms with Gasteiger partial charge in [-0.2, -0.15) is 0 Å². The second-order valence-corrected chi connectivity index (χ2v) is 18.4. The summed E-state index contributed by atoms with van der Waals surface area (Å²) in [6.45, 7) is 16.7. The van der Waals surface area contributed by atoms with E-state index >= 15 is 0 Å². The number of imidazole rings is 1. The third kappa shape index (κ3) is 4.77. The van der Waals surface area contributed by atoms with Gasteiger partial charge >= 0.3 is 11.8 Å². The zero-order valence-corrected chi connectivity index (χ0v) is 23.4. The van der Waals surface area contributed by atoms with Gasteiger partial charge in [-0.05, 0) is 36.4 Å². The first-order chi connectivity index (χ1) is 16.3. The normalized spacial score (nSPS) is 20.5. The van der Waals surface area contributed by atoms with E-state index in [2.05, 4.69) is 51.4 Å². The number of ether oxygens (including phenoxy) is 1. The van der Waals surface area contributed by atoms with Crippen LogP contribution in [0.15, 0.2) is 23.0 Å². The molecular weight excluding hydrogens is 460 g/mol. The lowest BCUT2D eigenvalue weighted by molar-refractivity contribution is -0.119. The average molecular weight is 503 g/mol. The van der Waals surface area contributed by atoms with E-state index < -0.39 is 14.2 Å². The zero-order valence-electron chi connectivity index (χ0n) is 22.4. The van der Waals surface area contributed by atoms with Gasteiger partial charge in [0.15, 0.2) is 0 Å². The van der Waals surface area contributed by atoms with Crippen LogP contribution in [-0.2, 0) is 18.5 Å². The van der Waals surface area contributed by atoms with Gasteiger partial charge in [0.05, 0.1) is 16.7 Å². The van der Waals surface area contributed by atoms with Crippen molar-refractivity contribution in [1.82, 2.24) is 14.0 Å². The Morgan fingerprint density at radius 1 is 1.20 bits per heavy atom. The number of carboxylic acid groups (broad SMARTS) is 1. The molecule has 1 N–H and O–H groups in total. The van der Waals surface area contributed by atoms with Crippen molar-refractivity contribution < 1.29 is 14.6 Å². The van der Waals surface area contributed by atoms with Crippen LogP contribution in [0.5, 0.6) is 0 Å². The van der Waals surface area contributed by atoms with Gasteiger partial charge in [0.25, 0.3) is 0 Å². The molecule has 2 aromatic rings. The van der Waals surface area contributed by atoms with Crippen LogP contribution in [0.2, 0.25) is 25.7 Å². The smallest absolute Gasteiger partial charge is 0.407 e. The third-order valence-corrected chi connectivity index (χ3v) is 9.60. The van der Waals surface area contributed by atoms with Crippen LogP contribution < -0.4 is 10.6 Å². The van der Waals surface area contributed by atoms with Gasteiger partial charge < -0.3 is 19.6 Å². The molecule has 1 aromatic heterocycles. The van der Waals surface area contributed by atoms with E-state index in [0.717, 1.165) is 48.7 Å². The third-order valence-electron chi connectivity index (χ3n) is 7.90. The molecule has 0 saturated carbocycles. The van der Waals surface area contributed by atoms with Crippen LogP contribution in [0.1, 0.15) is 33.6 Å². The number of rotatable bonds is 6. The molecule has 3 heterocycles. The van der Waals surface area contributed by atoms with Crippen molar-refractivity contribution in [2.24, 2.45) is 17.9 Å². The molecule has 2 aliphatic heterocycles. The lowest BCUT2D eigenvalue weighted by atomic mass is 9.58. The van der Waals surface area contributed by atoms with Crippen LogP contribution in [-0.4, -0.2) is 65.6 Å². The Kier molecular flexibility index (Phi) is 6.64. The number of aryl methyl sites for hydroxylation is 1. The molecule has 1 aromatic carbocycles. The molecule has 1 amide bonds. The minimum atomic E-state index is -1.19. The van der Waals surface area contributed by atoms with E-state index in [4.69, 9.17) is 4.74 Å². The van der Waals surface area contributed by atoms with Crippen molar-refractivity contribution in [3.8, 4) is 0 Å². The maximum absolute atomic E-state index is 13.1. The molecule has 0 bridgehead atoms. The Labute approximate surface area is 209 Å². The zero-order chi connectivity index (χ0) is 25.8. The maximum atomic E-state index is 13.1. The predicted molar refractivity (Wildman–Crippen MR) is 143 cm³/mol. The first kappa shape index (κ1) is 25.8. The topological polar surface area (TPSA) is 79.9 Å². The van der Waals surface area contributed by atoms with Crippen molar-refractivity contribution in [2.45, 2.75) is 72.1 Å². The largest absolute Gasteiger partial charge is 0.465 e. The molecule has 1 spiro atoms. The number of nitrogens with zero attached hydrogens (tertiary/aromatic N) is 4. The molecular formula is C26H42N4O4Si. The summed E-state index contributed by atoms with van der Waals surface area (Å²) in [6, 6.07) is 7.22. The number of para-hydroxylation sites is 1. The molecule has 4 rings (SSSR count). The number of piperidine rings is 1. The molecule has 35 heavy (non-hydrogen) atoms. The second kappa shape index (κ2) is 8.99. The van der Waals surface area contributed by atoms with Gasteiger partial charge in [0.2, 0.25) is 0 Å². The van der Waals surface area contributed by atoms with Crippen molar-refractivity contribution >= 4 is 30.9 Å². The standard InChI is InChI=1S/C26H42N4O4Si/c1-25(2,3)22-26(17-29(22)24(32)33)11-13-28(14-12-26)19-9-8-10-20-21(19)27(4)23(31)30(20)18-34-15-16-35(5,6)7/h8-10,22H,11-18H2,1-7H3,(H,32,33). The average Bonchev–Trinajstić information content (AvgIpc) is 2.98. The Hall–Kier alpha value is -2.26. The summed E-state index contributed by atoms with van der Waals surface area (Å²) < 4.78 is 9.40. The van der Waals surface area contributed by atoms with Crippen molar-refractivity contribution in [3.63, 3.8) is 0 Å². The Morgan fingerprint density at radius 3 is 2.43 bits per heavy atom. The van der Waals surface area contributed by atoms with E-state index in [1.807, 2.05) is 19.2 Å². The number of anilines is 1. The quantitative estimate of drug-likeness (QED) is 0.460. The molecule has 0 radical (unpaired) electrons. The number of amides is 1. The Balaban J connectivity index is 1.54. The number of likely N-dealkylation sites (tertiary alicyclic amines) is 1. The number of fused-ring (bicyclic) bond motifs is 1. The summed E-state index contributed by atoms with van der Waals surface area (Å²) >= 11 is 0. The van der Waals surface area contributed by atoms with Gasteiger partial charge in [-0.15, -0.1) is 0 Å². The van der Waals surface area contributed by atoms with Crippen molar-refractivity contribution in [1.29, 1.82) is 0 Å². The van der Waals surface area contributed by atoms with Crippen LogP contribution >= 0.6 is 0 Å². The molecule has 2 aliphatic rings. The summed E-state index contributed by atoms with van der Waals surface area (Å²) in [6.07, 6.45) is 1.08. The Bertz CT molecular complexity index is 1150. The number of benzene rings is 1. The summed E-state index contributed by atoms with van der Waals surface area (Å²) in [4.78, 5) is 28.9. The van der Waals surface area contributed by atoms with Gasteiger partial charge in [0, 0.05) is 52.8 Å². The fraction of sp³-hybridized carbons (Fsp3) is 0.692. The molecule has 9 heteroatoms. The van der Waals surface area contributed by atoms with E-state index in [1.54, 1.807) is 14.0 Å². The number of aromatic nitrogens is 2. The number of hydrogen-bond donors (Lipinski definition) is 1. The van der Waals surface area contributed by atoms with Gasteiger partial charge in [-0.25, -0.2) is 9.59 Å². The summed E-state index contributed by atoms with van der Waals surface area (Å²) in [5.41, 5.74) is 2.78. The lowest BCUT2D eigenvalue weighted by Gasteiger charge is -2.63. The van der Waals surface area contributed by atoms with Crippen LogP contribution in [0.3, 0.4) is 0 Å². The van der Waals surface area contributed by atoms with Crippen LogP contribution in [0.4, 0.5) is 10.5 Å². The predicted octanol–water partition coefficient (Wildman–Crippen LogP) is 4.65. The van der Waals surface area contributed by atoms with Crippen molar-refractivity contribution in [2.75, 3.05) is 31.1 Å². The van der Waals surface area contributed by atoms with Crippen LogP contribution in [0, 0.1) is 10.8 Å². The van der Waals surface area contributed by atoms with Gasteiger partial charge in [0.1, 0.15) is 6.73 Å². The fourth-order valence-electron chi connectivity index (χ4n) is 6.30. The second-order valence-electron chi connectivity index (χ2n) is 12.8. The lowest BCUT2D eigenvalue weighted by Crippen LogP contribution is -2.72. The highest BCUT2D eigenvalue weighted by atomic mass is 28.3. The van der Waals surface area contributed by atoms with E-state index in [0.29, 0.717) is 13.2 Å². The molecule has 8 nitrogen and oxygen atoms in total. The minimum absolute atomic E-state index is 0.0308. The van der Waals surface area contributed by atoms with E-state index in [9.17, 15) is 14.7 Å². The molecule has 194 valence electrons. The summed E-state index contributed by atoms with van der Waals surface area (Å²) in [5, 5.41) is 9.68. The fourth-order valence-corrected chi connectivity index (χ4v) is 7.06.